The molecule has 10 heteroatoms. The molecule has 1 aliphatic rings. The highest BCUT2D eigenvalue weighted by Crippen LogP contribution is 2.22. The van der Waals surface area contributed by atoms with Gasteiger partial charge in [-0.3, -0.25) is 9.59 Å². The largest absolute Gasteiger partial charge is 0.352 e. The van der Waals surface area contributed by atoms with Gasteiger partial charge < -0.3 is 10.2 Å². The number of nitrogens with zero attached hydrogens (tertiary/aromatic N) is 3. The second-order valence-electron chi connectivity index (χ2n) is 9.30. The molecule has 1 atom stereocenters. The zero-order chi connectivity index (χ0) is 26.3. The van der Waals surface area contributed by atoms with Gasteiger partial charge in [-0.1, -0.05) is 65.5 Å². The number of nitrogens with one attached hydrogen (secondary N) is 1. The fraction of sp³-hybridized carbons (Fsp3) is 0.462. The van der Waals surface area contributed by atoms with Crippen LogP contribution in [0.15, 0.2) is 59.1 Å². The lowest BCUT2D eigenvalue weighted by Crippen LogP contribution is -2.53. The zero-order valence-corrected chi connectivity index (χ0v) is 23.5. The van der Waals surface area contributed by atoms with Gasteiger partial charge in [0, 0.05) is 31.2 Å². The Morgan fingerprint density at radius 1 is 1.00 bits per heavy atom. The normalized spacial score (nSPS) is 15.4. The molecule has 2 amide bonds. The smallest absolute Gasteiger partial charge is 0.304 e. The minimum absolute atomic E-state index is 0.105. The predicted molar refractivity (Wildman–Crippen MR) is 146 cm³/mol. The van der Waals surface area contributed by atoms with Crippen molar-refractivity contribution < 1.29 is 18.0 Å². The Morgan fingerprint density at radius 3 is 2.19 bits per heavy atom. The van der Waals surface area contributed by atoms with Crippen molar-refractivity contribution in [3.63, 3.8) is 0 Å². The van der Waals surface area contributed by atoms with Crippen molar-refractivity contribution in [2.24, 2.45) is 0 Å². The minimum Gasteiger partial charge on any atom is -0.352 e. The number of halogens is 1. The van der Waals surface area contributed by atoms with Crippen LogP contribution in [0.25, 0.3) is 0 Å². The molecule has 1 N–H and O–H groups in total. The zero-order valence-electron chi connectivity index (χ0n) is 21.1. The van der Waals surface area contributed by atoms with E-state index in [9.17, 15) is 18.0 Å². The number of benzene rings is 2. The Balaban J connectivity index is 1.88. The Bertz CT molecular complexity index is 1120. The van der Waals surface area contributed by atoms with E-state index in [4.69, 9.17) is 0 Å². The van der Waals surface area contributed by atoms with E-state index in [2.05, 4.69) is 21.2 Å². The summed E-state index contributed by atoms with van der Waals surface area (Å²) in [6, 6.07) is 15.3. The van der Waals surface area contributed by atoms with Crippen LogP contribution in [0.3, 0.4) is 0 Å². The summed E-state index contributed by atoms with van der Waals surface area (Å²) in [6.45, 7) is 1.44. The molecule has 3 rings (SSSR count). The average molecular weight is 580 g/mol. The fourth-order valence-electron chi connectivity index (χ4n) is 4.25. The molecule has 2 aromatic carbocycles. The summed E-state index contributed by atoms with van der Waals surface area (Å²) in [5.74, 6) is -0.687. The predicted octanol–water partition coefficient (Wildman–Crippen LogP) is 3.93. The molecule has 0 radical (unpaired) electrons. The second-order valence-corrected chi connectivity index (χ2v) is 12.3. The van der Waals surface area contributed by atoms with E-state index in [-0.39, 0.29) is 18.5 Å². The summed E-state index contributed by atoms with van der Waals surface area (Å²) in [5.41, 5.74) is 1.22. The van der Waals surface area contributed by atoms with E-state index < -0.39 is 28.7 Å². The van der Waals surface area contributed by atoms with E-state index in [0.717, 1.165) is 44.3 Å². The fourth-order valence-corrected chi connectivity index (χ4v) is 5.57. The Morgan fingerprint density at radius 2 is 1.61 bits per heavy atom. The Kier molecular flexibility index (Phi) is 9.92. The lowest BCUT2D eigenvalue weighted by Gasteiger charge is -2.33. The van der Waals surface area contributed by atoms with Crippen LogP contribution in [0.1, 0.15) is 44.6 Å². The molecule has 196 valence electrons. The van der Waals surface area contributed by atoms with Gasteiger partial charge in [-0.05, 0) is 49.6 Å². The van der Waals surface area contributed by atoms with E-state index in [0.29, 0.717) is 5.69 Å². The third-order valence-corrected chi connectivity index (χ3v) is 8.80. The van der Waals surface area contributed by atoms with E-state index >= 15 is 0 Å². The number of carbonyl (C=O) groups is 2. The maximum atomic E-state index is 13.7. The summed E-state index contributed by atoms with van der Waals surface area (Å²) >= 11 is 3.42. The van der Waals surface area contributed by atoms with Crippen molar-refractivity contribution in [3.05, 3.63) is 64.6 Å². The second kappa shape index (κ2) is 12.7. The lowest BCUT2D eigenvalue weighted by atomic mass is 9.95. The first-order chi connectivity index (χ1) is 17.1. The summed E-state index contributed by atoms with van der Waals surface area (Å²) in [5, 5.41) is 3.10. The van der Waals surface area contributed by atoms with Crippen LogP contribution in [-0.2, 0) is 26.3 Å². The highest BCUT2D eigenvalue weighted by atomic mass is 79.9. The Hall–Kier alpha value is -2.43. The van der Waals surface area contributed by atoms with Gasteiger partial charge in [0.25, 0.3) is 0 Å². The molecule has 1 fully saturated rings. The van der Waals surface area contributed by atoms with Crippen molar-refractivity contribution in [2.45, 2.75) is 57.7 Å². The highest BCUT2D eigenvalue weighted by Gasteiger charge is 2.33. The van der Waals surface area contributed by atoms with Crippen LogP contribution in [0.5, 0.6) is 0 Å². The van der Waals surface area contributed by atoms with E-state index in [1.54, 1.807) is 37.3 Å². The summed E-state index contributed by atoms with van der Waals surface area (Å²) in [6.07, 6.45) is 5.19. The first-order valence-electron chi connectivity index (χ1n) is 12.2. The molecule has 1 aliphatic carbocycles. The summed E-state index contributed by atoms with van der Waals surface area (Å²) < 4.78 is 29.4. The molecular formula is C26H35BrN4O4S. The SMILES string of the molecule is C[C@@H](C(=O)NC1CCCCC1)N(Cc1ccc(Br)cc1)C(=O)CN(c1ccccc1)S(=O)(=O)N(C)C. The molecule has 0 bridgehead atoms. The number of para-hydroxylation sites is 1. The van der Waals surface area contributed by atoms with Crippen molar-refractivity contribution in [1.82, 2.24) is 14.5 Å². The number of carbonyl (C=O) groups excluding carboxylic acids is 2. The van der Waals surface area contributed by atoms with Crippen LogP contribution in [0.4, 0.5) is 5.69 Å². The van der Waals surface area contributed by atoms with Gasteiger partial charge in [0.15, 0.2) is 0 Å². The van der Waals surface area contributed by atoms with Crippen LogP contribution < -0.4 is 9.62 Å². The van der Waals surface area contributed by atoms with Crippen molar-refractivity contribution in [1.29, 1.82) is 0 Å². The van der Waals surface area contributed by atoms with Crippen molar-refractivity contribution >= 4 is 43.6 Å². The van der Waals surface area contributed by atoms with Gasteiger partial charge in [-0.25, -0.2) is 4.31 Å². The summed E-state index contributed by atoms with van der Waals surface area (Å²) in [4.78, 5) is 28.4. The van der Waals surface area contributed by atoms with Gasteiger partial charge in [0.2, 0.25) is 11.8 Å². The molecular weight excluding hydrogens is 544 g/mol. The number of hydrogen-bond acceptors (Lipinski definition) is 4. The molecule has 0 unspecified atom stereocenters. The standard InChI is InChI=1S/C26H35BrN4O4S/c1-20(26(33)28-23-10-6-4-7-11-23)30(18-21-14-16-22(27)17-15-21)25(32)19-31(36(34,35)29(2)3)24-12-8-5-9-13-24/h5,8-9,12-17,20,23H,4,6-7,10-11,18-19H2,1-3H3,(H,28,33)/t20-/m0/s1. The number of hydrogen-bond donors (Lipinski definition) is 1. The van der Waals surface area contributed by atoms with Gasteiger partial charge >= 0.3 is 10.2 Å². The van der Waals surface area contributed by atoms with Crippen LogP contribution in [0.2, 0.25) is 0 Å². The maximum Gasteiger partial charge on any atom is 0.304 e. The molecule has 0 spiro atoms. The van der Waals surface area contributed by atoms with E-state index in [1.165, 1.54) is 25.4 Å². The molecule has 2 aromatic rings. The van der Waals surface area contributed by atoms with Crippen LogP contribution in [0, 0.1) is 0 Å². The molecule has 36 heavy (non-hydrogen) atoms. The highest BCUT2D eigenvalue weighted by molar-refractivity contribution is 9.10. The molecule has 0 heterocycles. The number of rotatable bonds is 10. The third-order valence-electron chi connectivity index (χ3n) is 6.45. The lowest BCUT2D eigenvalue weighted by molar-refractivity contribution is -0.139. The van der Waals surface area contributed by atoms with E-state index in [1.807, 2.05) is 24.3 Å². The first-order valence-corrected chi connectivity index (χ1v) is 14.4. The average Bonchev–Trinajstić information content (AvgIpc) is 2.87. The molecule has 0 aromatic heterocycles. The monoisotopic (exact) mass is 578 g/mol. The van der Waals surface area contributed by atoms with Crippen molar-refractivity contribution in [2.75, 3.05) is 24.9 Å². The van der Waals surface area contributed by atoms with Crippen molar-refractivity contribution in [3.8, 4) is 0 Å². The van der Waals surface area contributed by atoms with Gasteiger partial charge in [-0.15, -0.1) is 0 Å². The van der Waals surface area contributed by atoms with Gasteiger partial charge in [0.05, 0.1) is 5.69 Å². The number of amides is 2. The molecule has 1 saturated carbocycles. The van der Waals surface area contributed by atoms with Gasteiger partial charge in [0.1, 0.15) is 12.6 Å². The quantitative estimate of drug-likeness (QED) is 0.462. The summed E-state index contributed by atoms with van der Waals surface area (Å²) in [7, 11) is -1.10. The first kappa shape index (κ1) is 28.1. The van der Waals surface area contributed by atoms with Gasteiger partial charge in [-0.2, -0.15) is 12.7 Å². The van der Waals surface area contributed by atoms with Crippen LogP contribution in [-0.4, -0.2) is 62.2 Å². The minimum atomic E-state index is -3.96. The van der Waals surface area contributed by atoms with Crippen LogP contribution >= 0.6 is 15.9 Å². The molecule has 0 saturated heterocycles. The number of anilines is 1. The maximum absolute atomic E-state index is 13.7. The molecule has 8 nitrogen and oxygen atoms in total. The Labute approximate surface area is 223 Å². The molecule has 0 aliphatic heterocycles. The third kappa shape index (κ3) is 7.30. The topological polar surface area (TPSA) is 90.0 Å².